The summed E-state index contributed by atoms with van der Waals surface area (Å²) in [6.07, 6.45) is 1.67. The molecule has 1 aromatic carbocycles. The average molecular weight is 418 g/mol. The predicted octanol–water partition coefficient (Wildman–Crippen LogP) is 3.00. The van der Waals surface area contributed by atoms with Gasteiger partial charge in [-0.15, -0.1) is 15.0 Å². The van der Waals surface area contributed by atoms with Gasteiger partial charge in [0.1, 0.15) is 5.75 Å². The van der Waals surface area contributed by atoms with E-state index < -0.39 is 0 Å². The van der Waals surface area contributed by atoms with Crippen molar-refractivity contribution in [3.05, 3.63) is 52.7 Å². The Morgan fingerprint density at radius 3 is 3.00 bits per heavy atom. The molecular formula is C17H16BrN5O3. The van der Waals surface area contributed by atoms with Crippen LogP contribution in [0.15, 0.2) is 45.5 Å². The molecule has 0 aliphatic carbocycles. The van der Waals surface area contributed by atoms with Crippen LogP contribution in [0.1, 0.15) is 35.3 Å². The number of furan rings is 1. The summed E-state index contributed by atoms with van der Waals surface area (Å²) in [5.41, 5.74) is 0.744. The molecule has 0 bridgehead atoms. The maximum absolute atomic E-state index is 12.7. The Balaban J connectivity index is 1.59. The molecule has 4 rings (SSSR count). The molecular weight excluding hydrogens is 402 g/mol. The molecule has 134 valence electrons. The van der Waals surface area contributed by atoms with Gasteiger partial charge in [-0.05, 0) is 58.3 Å². The largest absolute Gasteiger partial charge is 0.497 e. The van der Waals surface area contributed by atoms with Gasteiger partial charge >= 0.3 is 0 Å². The SMILES string of the molecule is COc1cccc(-n2nnc(C3CCCN3C(=O)c3ccc(Br)o3)n2)c1. The molecule has 26 heavy (non-hydrogen) atoms. The first kappa shape index (κ1) is 16.8. The predicted molar refractivity (Wildman–Crippen MR) is 95.1 cm³/mol. The van der Waals surface area contributed by atoms with Crippen LogP contribution in [0.5, 0.6) is 5.75 Å². The molecule has 1 fully saturated rings. The Morgan fingerprint density at radius 2 is 2.23 bits per heavy atom. The Morgan fingerprint density at radius 1 is 1.35 bits per heavy atom. The fourth-order valence-electron chi connectivity index (χ4n) is 3.05. The second-order valence-corrected chi connectivity index (χ2v) is 6.68. The number of benzene rings is 1. The molecule has 0 radical (unpaired) electrons. The van der Waals surface area contributed by atoms with Crippen molar-refractivity contribution in [2.45, 2.75) is 18.9 Å². The van der Waals surface area contributed by atoms with Gasteiger partial charge in [0.25, 0.3) is 5.91 Å². The minimum atomic E-state index is -0.217. The Kier molecular flexibility index (Phi) is 4.46. The number of halogens is 1. The van der Waals surface area contributed by atoms with E-state index in [1.807, 2.05) is 24.3 Å². The number of carbonyl (C=O) groups excluding carboxylic acids is 1. The van der Waals surface area contributed by atoms with Gasteiger partial charge in [-0.1, -0.05) is 6.07 Å². The summed E-state index contributed by atoms with van der Waals surface area (Å²) in [6, 6.07) is 10.5. The molecule has 3 aromatic rings. The number of likely N-dealkylation sites (tertiary alicyclic amines) is 1. The minimum Gasteiger partial charge on any atom is -0.497 e. The summed E-state index contributed by atoms with van der Waals surface area (Å²) >= 11 is 3.22. The minimum absolute atomic E-state index is 0.170. The van der Waals surface area contributed by atoms with Crippen LogP contribution in [-0.4, -0.2) is 44.7 Å². The van der Waals surface area contributed by atoms with E-state index in [-0.39, 0.29) is 11.9 Å². The lowest BCUT2D eigenvalue weighted by atomic mass is 10.2. The number of carbonyl (C=O) groups is 1. The van der Waals surface area contributed by atoms with Crippen LogP contribution in [-0.2, 0) is 0 Å². The fourth-order valence-corrected chi connectivity index (χ4v) is 3.36. The van der Waals surface area contributed by atoms with Gasteiger partial charge in [0.2, 0.25) is 0 Å². The molecule has 2 aromatic heterocycles. The van der Waals surface area contributed by atoms with E-state index in [0.29, 0.717) is 28.5 Å². The molecule has 1 unspecified atom stereocenters. The van der Waals surface area contributed by atoms with Crippen molar-refractivity contribution in [1.29, 1.82) is 0 Å². The number of nitrogens with zero attached hydrogens (tertiary/aromatic N) is 5. The highest BCUT2D eigenvalue weighted by Crippen LogP contribution is 2.31. The number of tetrazole rings is 1. The van der Waals surface area contributed by atoms with Crippen molar-refractivity contribution in [2.75, 3.05) is 13.7 Å². The van der Waals surface area contributed by atoms with Crippen molar-refractivity contribution < 1.29 is 13.9 Å². The van der Waals surface area contributed by atoms with Gasteiger partial charge < -0.3 is 14.1 Å². The lowest BCUT2D eigenvalue weighted by molar-refractivity contribution is 0.0696. The first-order valence-electron chi connectivity index (χ1n) is 8.16. The molecule has 1 saturated heterocycles. The Hall–Kier alpha value is -2.68. The first-order valence-corrected chi connectivity index (χ1v) is 8.95. The van der Waals surface area contributed by atoms with Gasteiger partial charge in [0.15, 0.2) is 16.3 Å². The molecule has 1 aliphatic rings. The fraction of sp³-hybridized carbons (Fsp3) is 0.294. The molecule has 0 N–H and O–H groups in total. The monoisotopic (exact) mass is 417 g/mol. The number of aromatic nitrogens is 4. The van der Waals surface area contributed by atoms with Crippen LogP contribution in [0, 0.1) is 0 Å². The molecule has 3 heterocycles. The average Bonchev–Trinajstić information content (AvgIpc) is 3.40. The third-order valence-electron chi connectivity index (χ3n) is 4.31. The normalized spacial score (nSPS) is 16.8. The highest BCUT2D eigenvalue weighted by atomic mass is 79.9. The molecule has 1 amide bonds. The molecule has 1 aliphatic heterocycles. The Labute approximate surface area is 157 Å². The van der Waals surface area contributed by atoms with Crippen molar-refractivity contribution in [3.63, 3.8) is 0 Å². The maximum atomic E-state index is 12.7. The highest BCUT2D eigenvalue weighted by Gasteiger charge is 2.35. The summed E-state index contributed by atoms with van der Waals surface area (Å²) in [7, 11) is 1.61. The summed E-state index contributed by atoms with van der Waals surface area (Å²) < 4.78 is 11.1. The highest BCUT2D eigenvalue weighted by molar-refractivity contribution is 9.10. The van der Waals surface area contributed by atoms with Crippen molar-refractivity contribution in [2.24, 2.45) is 0 Å². The van der Waals surface area contributed by atoms with E-state index in [9.17, 15) is 4.79 Å². The van der Waals surface area contributed by atoms with Gasteiger partial charge in [-0.3, -0.25) is 4.79 Å². The van der Waals surface area contributed by atoms with Crippen LogP contribution >= 0.6 is 15.9 Å². The number of ether oxygens (including phenoxy) is 1. The maximum Gasteiger partial charge on any atom is 0.290 e. The Bertz CT molecular complexity index is 938. The summed E-state index contributed by atoms with van der Waals surface area (Å²) in [5, 5.41) is 12.8. The molecule has 0 spiro atoms. The zero-order chi connectivity index (χ0) is 18.1. The number of hydrogen-bond acceptors (Lipinski definition) is 6. The number of methoxy groups -OCH3 is 1. The number of rotatable bonds is 4. The summed E-state index contributed by atoms with van der Waals surface area (Å²) in [6.45, 7) is 0.634. The van der Waals surface area contributed by atoms with Gasteiger partial charge in [0.05, 0.1) is 18.8 Å². The van der Waals surface area contributed by atoms with E-state index in [0.717, 1.165) is 18.5 Å². The molecule has 0 saturated carbocycles. The van der Waals surface area contributed by atoms with E-state index in [2.05, 4.69) is 31.3 Å². The smallest absolute Gasteiger partial charge is 0.290 e. The van der Waals surface area contributed by atoms with Crippen LogP contribution in [0.3, 0.4) is 0 Å². The van der Waals surface area contributed by atoms with E-state index in [1.165, 1.54) is 4.80 Å². The number of amides is 1. The van der Waals surface area contributed by atoms with Crippen molar-refractivity contribution in [3.8, 4) is 11.4 Å². The third-order valence-corrected chi connectivity index (χ3v) is 4.74. The van der Waals surface area contributed by atoms with Crippen LogP contribution < -0.4 is 4.74 Å². The van der Waals surface area contributed by atoms with Gasteiger partial charge in [0, 0.05) is 12.6 Å². The first-order chi connectivity index (χ1) is 12.7. The van der Waals surface area contributed by atoms with Crippen molar-refractivity contribution in [1.82, 2.24) is 25.1 Å². The molecule has 1 atom stereocenters. The third kappa shape index (κ3) is 3.10. The molecule has 8 nitrogen and oxygen atoms in total. The zero-order valence-electron chi connectivity index (χ0n) is 14.0. The summed E-state index contributed by atoms with van der Waals surface area (Å²) in [5.74, 6) is 1.35. The second-order valence-electron chi connectivity index (χ2n) is 5.90. The van der Waals surface area contributed by atoms with E-state index in [4.69, 9.17) is 9.15 Å². The topological polar surface area (TPSA) is 86.3 Å². The van der Waals surface area contributed by atoms with Crippen LogP contribution in [0.2, 0.25) is 0 Å². The lowest BCUT2D eigenvalue weighted by Crippen LogP contribution is -2.30. The van der Waals surface area contributed by atoms with Gasteiger partial charge in [-0.25, -0.2) is 0 Å². The zero-order valence-corrected chi connectivity index (χ0v) is 15.6. The molecule has 9 heteroatoms. The van der Waals surface area contributed by atoms with Crippen molar-refractivity contribution >= 4 is 21.8 Å². The van der Waals surface area contributed by atoms with E-state index in [1.54, 1.807) is 24.1 Å². The number of hydrogen-bond donors (Lipinski definition) is 0. The van der Waals surface area contributed by atoms with E-state index >= 15 is 0 Å². The quantitative estimate of drug-likeness (QED) is 0.648. The second kappa shape index (κ2) is 6.91. The summed E-state index contributed by atoms with van der Waals surface area (Å²) in [4.78, 5) is 15.9. The standard InChI is InChI=1S/C17H16BrN5O3/c1-25-12-5-2-4-11(10-12)23-20-16(19-21-23)13-6-3-9-22(13)17(24)14-7-8-15(18)26-14/h2,4-5,7-8,10,13H,3,6,9H2,1H3. The lowest BCUT2D eigenvalue weighted by Gasteiger charge is -2.20. The van der Waals surface area contributed by atoms with Crippen LogP contribution in [0.25, 0.3) is 5.69 Å². The van der Waals surface area contributed by atoms with Gasteiger partial charge in [-0.2, -0.15) is 0 Å². The van der Waals surface area contributed by atoms with Crippen LogP contribution in [0.4, 0.5) is 0 Å².